The van der Waals surface area contributed by atoms with E-state index in [1.807, 2.05) is 0 Å². The highest BCUT2D eigenvalue weighted by molar-refractivity contribution is 6.07. The Morgan fingerprint density at radius 2 is 2.29 bits per heavy atom. The standard InChI is InChI=1S/C14H15FN4O2/c1-9-11(14(21)19-17-9)6-7-13(20)18-16-8-10-4-2-3-5-12(10)15/h2-5,8,11H,6-7H2,1H3,(H,18,20)(H,19,21)/b16-8-/t11-/m1/s1. The molecule has 6 nitrogen and oxygen atoms in total. The summed E-state index contributed by atoms with van der Waals surface area (Å²) in [6.07, 6.45) is 1.74. The van der Waals surface area contributed by atoms with Crippen LogP contribution in [0, 0.1) is 11.7 Å². The van der Waals surface area contributed by atoms with Crippen molar-refractivity contribution in [3.8, 4) is 0 Å². The zero-order chi connectivity index (χ0) is 15.2. The topological polar surface area (TPSA) is 82.9 Å². The van der Waals surface area contributed by atoms with E-state index in [-0.39, 0.29) is 29.7 Å². The van der Waals surface area contributed by atoms with E-state index in [2.05, 4.69) is 21.1 Å². The van der Waals surface area contributed by atoms with E-state index >= 15 is 0 Å². The molecule has 110 valence electrons. The first-order chi connectivity index (χ1) is 10.1. The van der Waals surface area contributed by atoms with E-state index in [1.165, 1.54) is 12.3 Å². The first-order valence-electron chi connectivity index (χ1n) is 6.48. The molecule has 0 saturated heterocycles. The van der Waals surface area contributed by atoms with E-state index < -0.39 is 5.82 Å². The Labute approximate surface area is 121 Å². The highest BCUT2D eigenvalue weighted by atomic mass is 19.1. The molecule has 1 aromatic carbocycles. The van der Waals surface area contributed by atoms with Crippen molar-refractivity contribution in [1.29, 1.82) is 0 Å². The molecule has 1 heterocycles. The van der Waals surface area contributed by atoms with Gasteiger partial charge < -0.3 is 0 Å². The molecule has 0 aliphatic carbocycles. The van der Waals surface area contributed by atoms with Crippen LogP contribution in [0.25, 0.3) is 0 Å². The average Bonchev–Trinajstić information content (AvgIpc) is 2.78. The number of amides is 2. The quantitative estimate of drug-likeness (QED) is 0.630. The summed E-state index contributed by atoms with van der Waals surface area (Å²) in [5.41, 5.74) is 5.62. The molecule has 2 amide bonds. The molecular formula is C14H15FN4O2. The number of benzene rings is 1. The summed E-state index contributed by atoms with van der Waals surface area (Å²) in [7, 11) is 0. The number of carbonyl (C=O) groups excluding carboxylic acids is 2. The lowest BCUT2D eigenvalue weighted by atomic mass is 9.99. The van der Waals surface area contributed by atoms with Crippen LogP contribution >= 0.6 is 0 Å². The van der Waals surface area contributed by atoms with Crippen LogP contribution in [0.5, 0.6) is 0 Å². The van der Waals surface area contributed by atoms with Crippen LogP contribution in [0.1, 0.15) is 25.3 Å². The van der Waals surface area contributed by atoms with Crippen LogP contribution in [-0.2, 0) is 9.59 Å². The molecule has 0 saturated carbocycles. The predicted octanol–water partition coefficient (Wildman–Crippen LogP) is 1.18. The van der Waals surface area contributed by atoms with Crippen molar-refractivity contribution >= 4 is 23.7 Å². The van der Waals surface area contributed by atoms with Crippen LogP contribution in [0.2, 0.25) is 0 Å². The second-order valence-corrected chi connectivity index (χ2v) is 4.64. The van der Waals surface area contributed by atoms with Gasteiger partial charge in [-0.1, -0.05) is 18.2 Å². The first kappa shape index (κ1) is 14.8. The predicted molar refractivity (Wildman–Crippen MR) is 76.1 cm³/mol. The number of rotatable bonds is 5. The van der Waals surface area contributed by atoms with Crippen molar-refractivity contribution < 1.29 is 14.0 Å². The number of carbonyl (C=O) groups is 2. The summed E-state index contributed by atoms with van der Waals surface area (Å²) in [5, 5.41) is 7.49. The third-order valence-electron chi connectivity index (χ3n) is 3.12. The van der Waals surface area contributed by atoms with Crippen molar-refractivity contribution in [3.63, 3.8) is 0 Å². The van der Waals surface area contributed by atoms with Crippen molar-refractivity contribution in [1.82, 2.24) is 10.9 Å². The lowest BCUT2D eigenvalue weighted by molar-refractivity contribution is -0.123. The van der Waals surface area contributed by atoms with Gasteiger partial charge >= 0.3 is 0 Å². The molecule has 2 rings (SSSR count). The van der Waals surface area contributed by atoms with Crippen molar-refractivity contribution in [2.75, 3.05) is 0 Å². The molecule has 2 N–H and O–H groups in total. The lowest BCUT2D eigenvalue weighted by Gasteiger charge is -2.06. The fourth-order valence-corrected chi connectivity index (χ4v) is 1.91. The minimum Gasteiger partial charge on any atom is -0.273 e. The number of nitrogens with one attached hydrogen (secondary N) is 2. The van der Waals surface area contributed by atoms with E-state index in [0.717, 1.165) is 0 Å². The summed E-state index contributed by atoms with van der Waals surface area (Å²) < 4.78 is 13.3. The third-order valence-corrected chi connectivity index (χ3v) is 3.12. The van der Waals surface area contributed by atoms with Gasteiger partial charge in [0.2, 0.25) is 11.8 Å². The van der Waals surface area contributed by atoms with Crippen LogP contribution < -0.4 is 10.9 Å². The fraction of sp³-hybridized carbons (Fsp3) is 0.286. The van der Waals surface area contributed by atoms with Gasteiger partial charge in [0.15, 0.2) is 0 Å². The number of halogens is 1. The molecular weight excluding hydrogens is 275 g/mol. The molecule has 1 aliphatic rings. The Bertz CT molecular complexity index is 613. The van der Waals surface area contributed by atoms with Crippen molar-refractivity contribution in [2.24, 2.45) is 16.1 Å². The van der Waals surface area contributed by atoms with E-state index in [1.54, 1.807) is 25.1 Å². The maximum absolute atomic E-state index is 13.3. The van der Waals surface area contributed by atoms with Gasteiger partial charge in [-0.05, 0) is 19.4 Å². The zero-order valence-corrected chi connectivity index (χ0v) is 11.5. The van der Waals surface area contributed by atoms with Gasteiger partial charge in [-0.2, -0.15) is 10.2 Å². The highest BCUT2D eigenvalue weighted by Crippen LogP contribution is 2.13. The molecule has 0 bridgehead atoms. The van der Waals surface area contributed by atoms with Gasteiger partial charge in [-0.3, -0.25) is 9.59 Å². The minimum absolute atomic E-state index is 0.138. The summed E-state index contributed by atoms with van der Waals surface area (Å²) in [4.78, 5) is 23.0. The van der Waals surface area contributed by atoms with Crippen LogP contribution in [0.15, 0.2) is 34.5 Å². The average molecular weight is 290 g/mol. The molecule has 0 unspecified atom stereocenters. The molecule has 1 aromatic rings. The Morgan fingerprint density at radius 3 is 2.95 bits per heavy atom. The fourth-order valence-electron chi connectivity index (χ4n) is 1.91. The van der Waals surface area contributed by atoms with Crippen molar-refractivity contribution in [2.45, 2.75) is 19.8 Å². The molecule has 1 atom stereocenters. The molecule has 1 aliphatic heterocycles. The molecule has 7 heteroatoms. The normalized spacial score (nSPS) is 17.7. The van der Waals surface area contributed by atoms with Crippen LogP contribution in [0.3, 0.4) is 0 Å². The number of nitrogens with zero attached hydrogens (tertiary/aromatic N) is 2. The second-order valence-electron chi connectivity index (χ2n) is 4.64. The van der Waals surface area contributed by atoms with E-state index in [4.69, 9.17) is 0 Å². The molecule has 0 radical (unpaired) electrons. The summed E-state index contributed by atoms with van der Waals surface area (Å²) in [5.74, 6) is -1.32. The van der Waals surface area contributed by atoms with Crippen molar-refractivity contribution in [3.05, 3.63) is 35.6 Å². The van der Waals surface area contributed by atoms with Crippen LogP contribution in [0.4, 0.5) is 4.39 Å². The number of hydrogen-bond acceptors (Lipinski definition) is 4. The maximum Gasteiger partial charge on any atom is 0.248 e. The first-order valence-corrected chi connectivity index (χ1v) is 6.48. The monoisotopic (exact) mass is 290 g/mol. The number of hydrogen-bond donors (Lipinski definition) is 2. The Hall–Kier alpha value is -2.57. The van der Waals surface area contributed by atoms with Crippen LogP contribution in [-0.4, -0.2) is 23.7 Å². The molecule has 0 fully saturated rings. The van der Waals surface area contributed by atoms with Gasteiger partial charge in [-0.15, -0.1) is 0 Å². The highest BCUT2D eigenvalue weighted by Gasteiger charge is 2.26. The van der Waals surface area contributed by atoms with Gasteiger partial charge in [0.05, 0.1) is 12.1 Å². The van der Waals surface area contributed by atoms with E-state index in [0.29, 0.717) is 12.1 Å². The number of hydrazone groups is 2. The maximum atomic E-state index is 13.3. The largest absolute Gasteiger partial charge is 0.273 e. The van der Waals surface area contributed by atoms with Gasteiger partial charge in [0.25, 0.3) is 0 Å². The summed E-state index contributed by atoms with van der Waals surface area (Å²) >= 11 is 0. The minimum atomic E-state index is -0.412. The second kappa shape index (κ2) is 6.74. The SMILES string of the molecule is CC1=NNC(=O)[C@@H]1CCC(=O)N/N=C\c1ccccc1F. The lowest BCUT2D eigenvalue weighted by Crippen LogP contribution is -2.25. The zero-order valence-electron chi connectivity index (χ0n) is 11.5. The summed E-state index contributed by atoms with van der Waals surface area (Å²) in [6.45, 7) is 1.73. The Morgan fingerprint density at radius 1 is 1.52 bits per heavy atom. The summed E-state index contributed by atoms with van der Waals surface area (Å²) in [6, 6.07) is 6.10. The molecule has 0 spiro atoms. The van der Waals surface area contributed by atoms with Gasteiger partial charge in [0, 0.05) is 17.7 Å². The van der Waals surface area contributed by atoms with E-state index in [9.17, 15) is 14.0 Å². The Balaban J connectivity index is 1.79. The Kier molecular flexibility index (Phi) is 4.76. The smallest absolute Gasteiger partial charge is 0.248 e. The van der Waals surface area contributed by atoms with Gasteiger partial charge in [-0.25, -0.2) is 15.2 Å². The molecule has 21 heavy (non-hydrogen) atoms. The molecule has 0 aromatic heterocycles. The third kappa shape index (κ3) is 3.95. The van der Waals surface area contributed by atoms with Gasteiger partial charge in [0.1, 0.15) is 5.82 Å².